The number of alkyl halides is 1. The first-order valence-electron chi connectivity index (χ1n) is 13.9. The first-order chi connectivity index (χ1) is 18.0. The normalized spacial score (nSPS) is 35.2. The summed E-state index contributed by atoms with van der Waals surface area (Å²) in [6.07, 6.45) is 1.70. The molecule has 38 heavy (non-hydrogen) atoms. The van der Waals surface area contributed by atoms with Crippen LogP contribution in [0.5, 0.6) is 0 Å². The number of carbonyl (C=O) groups is 4. The topological polar surface area (TPSA) is 141 Å². The van der Waals surface area contributed by atoms with Gasteiger partial charge in [0.2, 0.25) is 17.7 Å². The van der Waals surface area contributed by atoms with Crippen molar-refractivity contribution in [2.24, 2.45) is 35.0 Å². The van der Waals surface area contributed by atoms with E-state index >= 15 is 0 Å². The average molecular weight is 532 g/mol. The average Bonchev–Trinajstić information content (AvgIpc) is 3.15. The molecule has 3 aliphatic carbocycles. The zero-order valence-electron chi connectivity index (χ0n) is 22.2. The Balaban J connectivity index is 1.37. The largest absolute Gasteiger partial charge is 0.446 e. The smallest absolute Gasteiger partial charge is 0.408 e. The number of likely N-dealkylation sites (tertiary alicyclic amines) is 1. The van der Waals surface area contributed by atoms with Gasteiger partial charge in [0.1, 0.15) is 30.4 Å². The van der Waals surface area contributed by atoms with Crippen molar-refractivity contribution in [3.8, 4) is 6.07 Å². The van der Waals surface area contributed by atoms with Gasteiger partial charge in [-0.15, -0.1) is 0 Å². The fourth-order valence-electron chi connectivity index (χ4n) is 7.13. The second-order valence-electron chi connectivity index (χ2n) is 12.8. The molecule has 2 saturated heterocycles. The number of nitrogens with zero attached hydrogens (tertiary/aromatic N) is 2. The van der Waals surface area contributed by atoms with Gasteiger partial charge in [-0.05, 0) is 67.6 Å². The van der Waals surface area contributed by atoms with Gasteiger partial charge < -0.3 is 25.6 Å². The summed E-state index contributed by atoms with van der Waals surface area (Å²) < 4.78 is 20.2. The molecular formula is C27H38FN5O5. The number of alkyl carbamates (subject to hydrolysis) is 1. The monoisotopic (exact) mass is 531 g/mol. The zero-order chi connectivity index (χ0) is 27.4. The van der Waals surface area contributed by atoms with Crippen molar-refractivity contribution in [3.05, 3.63) is 0 Å². The number of fused-ring (bicyclic) bond motifs is 5. The van der Waals surface area contributed by atoms with Crippen LogP contribution in [0.3, 0.4) is 0 Å². The molecule has 3 N–H and O–H groups in total. The number of hydrogen-bond donors (Lipinski definition) is 3. The van der Waals surface area contributed by atoms with Crippen LogP contribution >= 0.6 is 0 Å². The van der Waals surface area contributed by atoms with Crippen LogP contribution in [-0.2, 0) is 19.1 Å². The predicted molar refractivity (Wildman–Crippen MR) is 133 cm³/mol. The molecule has 0 aromatic carbocycles. The molecule has 2 bridgehead atoms. The van der Waals surface area contributed by atoms with Crippen LogP contribution < -0.4 is 16.0 Å². The summed E-state index contributed by atoms with van der Waals surface area (Å²) in [6, 6.07) is -0.713. The molecular weight excluding hydrogens is 493 g/mol. The van der Waals surface area contributed by atoms with Crippen molar-refractivity contribution in [3.63, 3.8) is 0 Å². The van der Waals surface area contributed by atoms with Gasteiger partial charge in [0.25, 0.3) is 0 Å². The molecule has 0 radical (unpaired) electrons. The van der Waals surface area contributed by atoms with E-state index in [0.29, 0.717) is 32.4 Å². The van der Waals surface area contributed by atoms with Crippen LogP contribution in [0.1, 0.15) is 59.3 Å². The van der Waals surface area contributed by atoms with Crippen LogP contribution in [0.15, 0.2) is 0 Å². The van der Waals surface area contributed by atoms with Crippen LogP contribution in [0.2, 0.25) is 0 Å². The summed E-state index contributed by atoms with van der Waals surface area (Å²) in [5.41, 5.74) is -0.676. The second kappa shape index (κ2) is 10.0. The molecule has 9 unspecified atom stereocenters. The maximum absolute atomic E-state index is 14.9. The van der Waals surface area contributed by atoms with Crippen molar-refractivity contribution < 1.29 is 28.3 Å². The molecule has 0 aromatic heterocycles. The molecule has 5 fully saturated rings. The second-order valence-corrected chi connectivity index (χ2v) is 12.8. The fraction of sp³-hybridized carbons (Fsp3) is 0.815. The van der Waals surface area contributed by atoms with Gasteiger partial charge in [-0.1, -0.05) is 20.8 Å². The number of ether oxygens (including phenoxy) is 1. The molecule has 11 heteroatoms. The number of amides is 4. The van der Waals surface area contributed by atoms with E-state index in [-0.39, 0.29) is 48.0 Å². The lowest BCUT2D eigenvalue weighted by Gasteiger charge is -2.37. The van der Waals surface area contributed by atoms with E-state index in [1.807, 2.05) is 20.8 Å². The van der Waals surface area contributed by atoms with E-state index in [4.69, 9.17) is 4.74 Å². The summed E-state index contributed by atoms with van der Waals surface area (Å²) in [7, 11) is 0. The highest BCUT2D eigenvalue weighted by atomic mass is 19.1. The van der Waals surface area contributed by atoms with Gasteiger partial charge in [0.15, 0.2) is 0 Å². The highest BCUT2D eigenvalue weighted by molar-refractivity contribution is 5.93. The Hall–Kier alpha value is -2.90. The lowest BCUT2D eigenvalue weighted by atomic mass is 9.77. The van der Waals surface area contributed by atoms with Gasteiger partial charge in [0, 0.05) is 19.0 Å². The van der Waals surface area contributed by atoms with Crippen molar-refractivity contribution in [2.45, 2.75) is 89.7 Å². The minimum absolute atomic E-state index is 0.00752. The Bertz CT molecular complexity index is 1040. The summed E-state index contributed by atoms with van der Waals surface area (Å²) in [5, 5.41) is 18.0. The van der Waals surface area contributed by atoms with Gasteiger partial charge in [0.05, 0.1) is 6.07 Å². The quantitative estimate of drug-likeness (QED) is 0.456. The van der Waals surface area contributed by atoms with Gasteiger partial charge in [-0.25, -0.2) is 9.18 Å². The van der Waals surface area contributed by atoms with Crippen LogP contribution in [0.25, 0.3) is 0 Å². The fourth-order valence-corrected chi connectivity index (χ4v) is 7.13. The van der Waals surface area contributed by atoms with E-state index in [0.717, 1.165) is 12.8 Å². The molecule has 4 amide bonds. The maximum Gasteiger partial charge on any atom is 0.408 e. The number of hydrogen-bond acceptors (Lipinski definition) is 6. The lowest BCUT2D eigenvalue weighted by Crippen LogP contribution is -2.59. The molecule has 0 aromatic rings. The van der Waals surface area contributed by atoms with Crippen molar-refractivity contribution in [1.82, 2.24) is 20.9 Å². The molecule has 0 spiro atoms. The van der Waals surface area contributed by atoms with Crippen LogP contribution in [0.4, 0.5) is 9.18 Å². The minimum atomic E-state index is -1.02. The molecule has 2 aliphatic heterocycles. The highest BCUT2D eigenvalue weighted by Gasteiger charge is 2.63. The first kappa shape index (κ1) is 26.7. The molecule has 2 heterocycles. The van der Waals surface area contributed by atoms with E-state index in [9.17, 15) is 28.8 Å². The Morgan fingerprint density at radius 3 is 2.53 bits per heavy atom. The SMILES string of the molecule is CC(C)(C)C(NC(=O)OC1CC1)C(=O)N1CC2C3CC(F)C(C3)C2C1C(=O)NC(C#N)CC1CCNC1=O. The third-order valence-corrected chi connectivity index (χ3v) is 9.15. The van der Waals surface area contributed by atoms with E-state index in [1.165, 1.54) is 4.90 Å². The lowest BCUT2D eigenvalue weighted by molar-refractivity contribution is -0.143. The number of nitrogens with one attached hydrogen (secondary N) is 3. The zero-order valence-corrected chi connectivity index (χ0v) is 22.2. The van der Waals surface area contributed by atoms with Crippen molar-refractivity contribution >= 4 is 23.8 Å². The molecule has 5 rings (SSSR count). The van der Waals surface area contributed by atoms with Crippen molar-refractivity contribution in [2.75, 3.05) is 13.1 Å². The van der Waals surface area contributed by atoms with Gasteiger partial charge in [-0.2, -0.15) is 5.26 Å². The molecule has 5 aliphatic rings. The van der Waals surface area contributed by atoms with Crippen LogP contribution in [-0.4, -0.2) is 72.2 Å². The third kappa shape index (κ3) is 5.06. The van der Waals surface area contributed by atoms with E-state index in [1.54, 1.807) is 0 Å². The highest BCUT2D eigenvalue weighted by Crippen LogP contribution is 2.58. The molecule has 9 atom stereocenters. The van der Waals surface area contributed by atoms with Gasteiger partial charge >= 0.3 is 6.09 Å². The number of halogens is 1. The third-order valence-electron chi connectivity index (χ3n) is 9.15. The molecule has 10 nitrogen and oxygen atoms in total. The predicted octanol–water partition coefficient (Wildman–Crippen LogP) is 1.65. The summed E-state index contributed by atoms with van der Waals surface area (Å²) in [6.45, 7) is 6.34. The number of rotatable bonds is 7. The Kier molecular flexibility index (Phi) is 7.03. The minimum Gasteiger partial charge on any atom is -0.446 e. The Labute approximate surface area is 222 Å². The Morgan fingerprint density at radius 2 is 1.92 bits per heavy atom. The summed E-state index contributed by atoms with van der Waals surface area (Å²) >= 11 is 0. The summed E-state index contributed by atoms with van der Waals surface area (Å²) in [4.78, 5) is 53.9. The molecule has 208 valence electrons. The molecule has 3 saturated carbocycles. The van der Waals surface area contributed by atoms with Crippen molar-refractivity contribution in [1.29, 1.82) is 5.26 Å². The maximum atomic E-state index is 14.9. The Morgan fingerprint density at radius 1 is 1.18 bits per heavy atom. The first-order valence-corrected chi connectivity index (χ1v) is 13.9. The van der Waals surface area contributed by atoms with E-state index < -0.39 is 47.6 Å². The number of nitriles is 1. The van der Waals surface area contributed by atoms with E-state index in [2.05, 4.69) is 22.0 Å². The van der Waals surface area contributed by atoms with Gasteiger partial charge in [-0.3, -0.25) is 14.4 Å². The summed E-state index contributed by atoms with van der Waals surface area (Å²) in [5.74, 6) is -1.97. The standard InChI is InChI=1S/C27H38FN5O5/c1-27(2,3)22(32-26(37)38-16-4-5-16)25(36)33-12-18-14-9-17(19(28)10-14)20(18)21(33)24(35)31-15(11-29)8-13-6-7-30-23(13)34/h13-22H,4-10,12H2,1-3H3,(H,30,34)(H,31,35)(H,32,37). The van der Waals surface area contributed by atoms with Crippen LogP contribution in [0, 0.1) is 46.3 Å². The number of carbonyl (C=O) groups excluding carboxylic acids is 4.